The number of hydrogen-bond donors (Lipinski definition) is 2. The van der Waals surface area contributed by atoms with Crippen molar-refractivity contribution in [3.63, 3.8) is 0 Å². The molecule has 0 saturated heterocycles. The summed E-state index contributed by atoms with van der Waals surface area (Å²) in [6.45, 7) is 4.40. The zero-order chi connectivity index (χ0) is 14.0. The molecule has 104 valence electrons. The summed E-state index contributed by atoms with van der Waals surface area (Å²) in [6.07, 6.45) is 1.55. The zero-order valence-corrected chi connectivity index (χ0v) is 11.7. The van der Waals surface area contributed by atoms with Crippen molar-refractivity contribution in [3.8, 4) is 5.75 Å². The van der Waals surface area contributed by atoms with E-state index in [2.05, 4.69) is 11.4 Å². The molecule has 1 aliphatic carbocycles. The standard InChI is InChI=1S/C15H21NO3/c1-10-6-11(2)12(13(7-10)19-3)8-16-14(18)15(9-17)4-5-15/h6-7,17H,4-5,8-9H2,1-3H3,(H,16,18). The minimum absolute atomic E-state index is 0.0583. The fourth-order valence-corrected chi connectivity index (χ4v) is 2.33. The number of benzene rings is 1. The number of methoxy groups -OCH3 is 1. The molecule has 2 N–H and O–H groups in total. The van der Waals surface area contributed by atoms with Gasteiger partial charge in [-0.25, -0.2) is 0 Å². The van der Waals surface area contributed by atoms with Crippen LogP contribution in [0.25, 0.3) is 0 Å². The number of ether oxygens (including phenoxy) is 1. The van der Waals surface area contributed by atoms with Gasteiger partial charge in [-0.1, -0.05) is 6.07 Å². The average Bonchev–Trinajstić information content (AvgIpc) is 3.17. The van der Waals surface area contributed by atoms with Crippen LogP contribution < -0.4 is 10.1 Å². The number of amides is 1. The summed E-state index contributed by atoms with van der Waals surface area (Å²) >= 11 is 0. The Morgan fingerprint density at radius 3 is 2.63 bits per heavy atom. The Morgan fingerprint density at radius 2 is 2.11 bits per heavy atom. The molecule has 0 bridgehead atoms. The summed E-state index contributed by atoms with van der Waals surface area (Å²) in [7, 11) is 1.63. The molecule has 0 heterocycles. The second-order valence-electron chi connectivity index (χ2n) is 5.38. The van der Waals surface area contributed by atoms with E-state index < -0.39 is 5.41 Å². The largest absolute Gasteiger partial charge is 0.496 e. The molecule has 0 aromatic heterocycles. The van der Waals surface area contributed by atoms with E-state index in [1.165, 1.54) is 0 Å². The van der Waals surface area contributed by atoms with Gasteiger partial charge in [-0.3, -0.25) is 4.79 Å². The van der Waals surface area contributed by atoms with Gasteiger partial charge in [0, 0.05) is 12.1 Å². The smallest absolute Gasteiger partial charge is 0.228 e. The molecule has 19 heavy (non-hydrogen) atoms. The highest BCUT2D eigenvalue weighted by atomic mass is 16.5. The lowest BCUT2D eigenvalue weighted by Crippen LogP contribution is -2.34. The van der Waals surface area contributed by atoms with Crippen molar-refractivity contribution in [2.45, 2.75) is 33.2 Å². The van der Waals surface area contributed by atoms with Gasteiger partial charge in [-0.05, 0) is 43.9 Å². The Hall–Kier alpha value is -1.55. The zero-order valence-electron chi connectivity index (χ0n) is 11.7. The molecule has 1 aromatic carbocycles. The Labute approximate surface area is 113 Å². The quantitative estimate of drug-likeness (QED) is 0.850. The third-order valence-corrected chi connectivity index (χ3v) is 3.86. The summed E-state index contributed by atoms with van der Waals surface area (Å²) in [5.74, 6) is 0.740. The van der Waals surface area contributed by atoms with Crippen LogP contribution in [-0.4, -0.2) is 24.7 Å². The molecule has 0 spiro atoms. The van der Waals surface area contributed by atoms with Gasteiger partial charge < -0.3 is 15.2 Å². The normalized spacial score (nSPS) is 16.0. The van der Waals surface area contributed by atoms with Gasteiger partial charge in [-0.2, -0.15) is 0 Å². The van der Waals surface area contributed by atoms with Crippen molar-refractivity contribution in [3.05, 3.63) is 28.8 Å². The topological polar surface area (TPSA) is 58.6 Å². The van der Waals surface area contributed by atoms with E-state index >= 15 is 0 Å². The predicted molar refractivity (Wildman–Crippen MR) is 73.1 cm³/mol. The van der Waals surface area contributed by atoms with E-state index in [-0.39, 0.29) is 12.5 Å². The molecule has 0 radical (unpaired) electrons. The van der Waals surface area contributed by atoms with Crippen molar-refractivity contribution in [1.82, 2.24) is 5.32 Å². The molecule has 2 rings (SSSR count). The second kappa shape index (κ2) is 5.21. The van der Waals surface area contributed by atoms with Crippen LogP contribution in [0.15, 0.2) is 12.1 Å². The number of nitrogens with one attached hydrogen (secondary N) is 1. The van der Waals surface area contributed by atoms with Gasteiger partial charge in [0.1, 0.15) is 5.75 Å². The van der Waals surface area contributed by atoms with Gasteiger partial charge in [0.2, 0.25) is 5.91 Å². The molecule has 4 heteroatoms. The number of aliphatic hydroxyl groups is 1. The van der Waals surface area contributed by atoms with E-state index in [1.54, 1.807) is 7.11 Å². The molecule has 0 atom stereocenters. The van der Waals surface area contributed by atoms with Gasteiger partial charge in [0.25, 0.3) is 0 Å². The molecular weight excluding hydrogens is 242 g/mol. The van der Waals surface area contributed by atoms with Crippen molar-refractivity contribution in [1.29, 1.82) is 0 Å². The molecule has 4 nitrogen and oxygen atoms in total. The first kappa shape index (κ1) is 13.9. The van der Waals surface area contributed by atoms with Crippen LogP contribution in [0.3, 0.4) is 0 Å². The number of carbonyl (C=O) groups excluding carboxylic acids is 1. The molecule has 0 unspecified atom stereocenters. The number of aryl methyl sites for hydroxylation is 2. The third kappa shape index (κ3) is 2.73. The molecule has 1 amide bonds. The first-order valence-electron chi connectivity index (χ1n) is 6.56. The molecule has 1 aliphatic rings. The van der Waals surface area contributed by atoms with Crippen LogP contribution in [0, 0.1) is 19.3 Å². The highest BCUT2D eigenvalue weighted by Gasteiger charge is 2.49. The number of carbonyl (C=O) groups is 1. The number of rotatable bonds is 5. The summed E-state index contributed by atoms with van der Waals surface area (Å²) < 4.78 is 5.37. The Kier molecular flexibility index (Phi) is 3.80. The van der Waals surface area contributed by atoms with Crippen LogP contribution >= 0.6 is 0 Å². The maximum absolute atomic E-state index is 12.0. The van der Waals surface area contributed by atoms with Gasteiger partial charge >= 0.3 is 0 Å². The third-order valence-electron chi connectivity index (χ3n) is 3.86. The SMILES string of the molecule is COc1cc(C)cc(C)c1CNC(=O)C1(CO)CC1. The predicted octanol–water partition coefficient (Wildman–Crippen LogP) is 1.70. The van der Waals surface area contributed by atoms with Crippen LogP contribution in [-0.2, 0) is 11.3 Å². The first-order chi connectivity index (χ1) is 9.02. The second-order valence-corrected chi connectivity index (χ2v) is 5.38. The lowest BCUT2D eigenvalue weighted by atomic mass is 10.0. The van der Waals surface area contributed by atoms with Crippen LogP contribution in [0.4, 0.5) is 0 Å². The number of aliphatic hydroxyl groups excluding tert-OH is 1. The summed E-state index contributed by atoms with van der Waals surface area (Å²) in [5.41, 5.74) is 2.71. The average molecular weight is 263 g/mol. The molecule has 1 fully saturated rings. The monoisotopic (exact) mass is 263 g/mol. The van der Waals surface area contributed by atoms with Gasteiger partial charge in [0.05, 0.1) is 19.1 Å². The van der Waals surface area contributed by atoms with Crippen molar-refractivity contribution in [2.24, 2.45) is 5.41 Å². The van der Waals surface area contributed by atoms with E-state index in [0.29, 0.717) is 6.54 Å². The first-order valence-corrected chi connectivity index (χ1v) is 6.56. The minimum Gasteiger partial charge on any atom is -0.496 e. The Bertz CT molecular complexity index is 492. The lowest BCUT2D eigenvalue weighted by Gasteiger charge is -2.16. The van der Waals surface area contributed by atoms with Crippen LogP contribution in [0.5, 0.6) is 5.75 Å². The fourth-order valence-electron chi connectivity index (χ4n) is 2.33. The van der Waals surface area contributed by atoms with Crippen molar-refractivity contribution < 1.29 is 14.6 Å². The maximum atomic E-state index is 12.0. The molecular formula is C15H21NO3. The molecule has 1 saturated carbocycles. The maximum Gasteiger partial charge on any atom is 0.228 e. The molecule has 1 aromatic rings. The highest BCUT2D eigenvalue weighted by molar-refractivity contribution is 5.85. The van der Waals surface area contributed by atoms with Crippen molar-refractivity contribution in [2.75, 3.05) is 13.7 Å². The summed E-state index contributed by atoms with van der Waals surface area (Å²) in [5, 5.41) is 12.1. The van der Waals surface area contributed by atoms with E-state index in [0.717, 1.165) is 35.3 Å². The van der Waals surface area contributed by atoms with Crippen LogP contribution in [0.1, 0.15) is 29.5 Å². The van der Waals surface area contributed by atoms with E-state index in [9.17, 15) is 9.90 Å². The summed E-state index contributed by atoms with van der Waals surface area (Å²) in [4.78, 5) is 12.0. The van der Waals surface area contributed by atoms with E-state index in [4.69, 9.17) is 4.74 Å². The minimum atomic E-state index is -0.522. The lowest BCUT2D eigenvalue weighted by molar-refractivity contribution is -0.127. The van der Waals surface area contributed by atoms with E-state index in [1.807, 2.05) is 19.9 Å². The molecule has 0 aliphatic heterocycles. The van der Waals surface area contributed by atoms with Gasteiger partial charge in [0.15, 0.2) is 0 Å². The summed E-state index contributed by atoms with van der Waals surface area (Å²) in [6, 6.07) is 4.04. The Morgan fingerprint density at radius 1 is 1.42 bits per heavy atom. The van der Waals surface area contributed by atoms with Gasteiger partial charge in [-0.15, -0.1) is 0 Å². The van der Waals surface area contributed by atoms with Crippen LogP contribution in [0.2, 0.25) is 0 Å². The number of hydrogen-bond acceptors (Lipinski definition) is 3. The Balaban J connectivity index is 2.09. The highest BCUT2D eigenvalue weighted by Crippen LogP contribution is 2.45. The van der Waals surface area contributed by atoms with Crippen molar-refractivity contribution >= 4 is 5.91 Å². The fraction of sp³-hybridized carbons (Fsp3) is 0.533.